The molecule has 1 nitrogen and oxygen atoms in total. The van der Waals surface area contributed by atoms with Gasteiger partial charge in [0.25, 0.3) is 0 Å². The third kappa shape index (κ3) is 3.73. The summed E-state index contributed by atoms with van der Waals surface area (Å²) in [6.07, 6.45) is 2.74. The van der Waals surface area contributed by atoms with Gasteiger partial charge in [0.2, 0.25) is 0 Å². The Morgan fingerprint density at radius 2 is 1.87 bits per heavy atom. The quantitative estimate of drug-likeness (QED) is 0.702. The number of allylic oxidation sites excluding steroid dienone is 1. The molecule has 0 fully saturated rings. The van der Waals surface area contributed by atoms with E-state index in [0.29, 0.717) is 6.42 Å². The summed E-state index contributed by atoms with van der Waals surface area (Å²) in [6.45, 7) is 6.83. The molecule has 0 saturated carbocycles. The van der Waals surface area contributed by atoms with Crippen LogP contribution in [0.15, 0.2) is 35.5 Å². The molecule has 0 unspecified atom stereocenters. The van der Waals surface area contributed by atoms with Gasteiger partial charge in [-0.25, -0.2) is 0 Å². The molecule has 0 aliphatic rings. The van der Waals surface area contributed by atoms with E-state index < -0.39 is 8.07 Å². The summed E-state index contributed by atoms with van der Waals surface area (Å²) < 4.78 is 0. The Morgan fingerprint density at radius 1 is 1.27 bits per heavy atom. The van der Waals surface area contributed by atoms with Gasteiger partial charge in [0.1, 0.15) is 0 Å². The number of hydrogen-bond acceptors (Lipinski definition) is 1. The minimum Gasteiger partial charge on any atom is -0.198 e. The van der Waals surface area contributed by atoms with E-state index in [1.165, 1.54) is 10.8 Å². The van der Waals surface area contributed by atoms with E-state index in [0.717, 1.165) is 0 Å². The maximum absolute atomic E-state index is 8.81. The molecule has 0 bridgehead atoms. The van der Waals surface area contributed by atoms with Crippen molar-refractivity contribution in [3.8, 4) is 6.07 Å². The first-order valence-corrected chi connectivity index (χ1v) is 8.67. The second kappa shape index (κ2) is 4.95. The van der Waals surface area contributed by atoms with Crippen LogP contribution in [0.1, 0.15) is 12.0 Å². The van der Waals surface area contributed by atoms with Crippen molar-refractivity contribution in [1.82, 2.24) is 0 Å². The van der Waals surface area contributed by atoms with Crippen LogP contribution in [0, 0.1) is 11.3 Å². The van der Waals surface area contributed by atoms with E-state index in [2.05, 4.69) is 43.9 Å². The molecule has 0 aliphatic heterocycles. The van der Waals surface area contributed by atoms with Crippen LogP contribution in [0.25, 0.3) is 6.08 Å². The lowest BCUT2D eigenvalue weighted by Gasteiger charge is -2.18. The number of rotatable bonds is 3. The molecule has 1 aromatic rings. The SMILES string of the molecule is C[Si](C)(C)/C(=C/c1ccccc1)CC#N. The van der Waals surface area contributed by atoms with Crippen molar-refractivity contribution in [3.63, 3.8) is 0 Å². The number of benzene rings is 1. The van der Waals surface area contributed by atoms with Crippen molar-refractivity contribution < 1.29 is 0 Å². The molecule has 0 aromatic heterocycles. The van der Waals surface area contributed by atoms with Gasteiger partial charge in [0.15, 0.2) is 0 Å². The number of nitriles is 1. The van der Waals surface area contributed by atoms with Gasteiger partial charge in [-0.2, -0.15) is 5.26 Å². The summed E-state index contributed by atoms with van der Waals surface area (Å²) in [6, 6.07) is 12.5. The molecule has 0 aliphatic carbocycles. The molecule has 0 saturated heterocycles. The van der Waals surface area contributed by atoms with Gasteiger partial charge in [0, 0.05) is 0 Å². The van der Waals surface area contributed by atoms with Gasteiger partial charge >= 0.3 is 0 Å². The van der Waals surface area contributed by atoms with E-state index in [-0.39, 0.29) is 0 Å². The molecule has 0 heterocycles. The molecule has 1 rings (SSSR count). The first-order chi connectivity index (χ1) is 7.04. The van der Waals surface area contributed by atoms with Crippen LogP contribution in [-0.4, -0.2) is 8.07 Å². The fourth-order valence-electron chi connectivity index (χ4n) is 1.37. The van der Waals surface area contributed by atoms with Gasteiger partial charge in [-0.15, -0.1) is 0 Å². The zero-order chi connectivity index (χ0) is 11.3. The molecule has 0 spiro atoms. The van der Waals surface area contributed by atoms with Crippen molar-refractivity contribution in [2.24, 2.45) is 0 Å². The van der Waals surface area contributed by atoms with Crippen molar-refractivity contribution in [1.29, 1.82) is 5.26 Å². The van der Waals surface area contributed by atoms with Gasteiger partial charge < -0.3 is 0 Å². The van der Waals surface area contributed by atoms with E-state index in [1.54, 1.807) is 0 Å². The first kappa shape index (κ1) is 11.7. The number of nitrogens with zero attached hydrogens (tertiary/aromatic N) is 1. The molecule has 0 amide bonds. The Hall–Kier alpha value is -1.33. The highest BCUT2D eigenvalue weighted by atomic mass is 28.3. The smallest absolute Gasteiger partial charge is 0.0738 e. The van der Waals surface area contributed by atoms with Gasteiger partial charge in [-0.1, -0.05) is 61.2 Å². The molecule has 0 N–H and O–H groups in total. The van der Waals surface area contributed by atoms with Gasteiger partial charge in [-0.05, 0) is 5.56 Å². The fourth-order valence-corrected chi connectivity index (χ4v) is 2.58. The van der Waals surface area contributed by atoms with Gasteiger partial charge in [-0.3, -0.25) is 0 Å². The predicted octanol–water partition coefficient (Wildman–Crippen LogP) is 3.86. The number of hydrogen-bond donors (Lipinski definition) is 0. The maximum Gasteiger partial charge on any atom is 0.0738 e. The molecular formula is C13H17NSi. The highest BCUT2D eigenvalue weighted by molar-refractivity contribution is 6.83. The van der Waals surface area contributed by atoms with Crippen LogP contribution in [0.2, 0.25) is 19.6 Å². The Labute approximate surface area is 93.1 Å². The summed E-state index contributed by atoms with van der Waals surface area (Å²) in [4.78, 5) is 0. The summed E-state index contributed by atoms with van der Waals surface area (Å²) >= 11 is 0. The molecular weight excluding hydrogens is 198 g/mol. The normalized spacial score (nSPS) is 12.3. The highest BCUT2D eigenvalue weighted by Crippen LogP contribution is 2.20. The first-order valence-electron chi connectivity index (χ1n) is 5.17. The van der Waals surface area contributed by atoms with Crippen molar-refractivity contribution in [2.45, 2.75) is 26.1 Å². The summed E-state index contributed by atoms with van der Waals surface area (Å²) in [5, 5.41) is 10.1. The Kier molecular flexibility index (Phi) is 3.87. The Bertz CT molecular complexity index is 379. The topological polar surface area (TPSA) is 23.8 Å². The molecule has 1 aromatic carbocycles. The molecule has 15 heavy (non-hydrogen) atoms. The van der Waals surface area contributed by atoms with Crippen LogP contribution in [0.5, 0.6) is 0 Å². The maximum atomic E-state index is 8.81. The standard InChI is InChI=1S/C13H17NSi/c1-15(2,3)13(9-10-14)11-12-7-5-4-6-8-12/h4-8,11H,9H2,1-3H3/b13-11+. The van der Waals surface area contributed by atoms with Crippen molar-refractivity contribution >= 4 is 14.1 Å². The molecule has 0 radical (unpaired) electrons. The van der Waals surface area contributed by atoms with Crippen LogP contribution in [-0.2, 0) is 0 Å². The zero-order valence-electron chi connectivity index (χ0n) is 9.62. The van der Waals surface area contributed by atoms with Crippen LogP contribution >= 0.6 is 0 Å². The average molecular weight is 215 g/mol. The zero-order valence-corrected chi connectivity index (χ0v) is 10.6. The van der Waals surface area contributed by atoms with Gasteiger partial charge in [0.05, 0.1) is 20.6 Å². The van der Waals surface area contributed by atoms with E-state index in [9.17, 15) is 0 Å². The van der Waals surface area contributed by atoms with E-state index in [4.69, 9.17) is 5.26 Å². The van der Waals surface area contributed by atoms with Crippen LogP contribution in [0.3, 0.4) is 0 Å². The Balaban J connectivity index is 3.01. The highest BCUT2D eigenvalue weighted by Gasteiger charge is 2.18. The van der Waals surface area contributed by atoms with Crippen LogP contribution in [0.4, 0.5) is 0 Å². The minimum absolute atomic E-state index is 0.560. The molecule has 0 atom stereocenters. The van der Waals surface area contributed by atoms with E-state index in [1.807, 2.05) is 18.2 Å². The minimum atomic E-state index is -1.35. The monoisotopic (exact) mass is 215 g/mol. The fraction of sp³-hybridized carbons (Fsp3) is 0.308. The Morgan fingerprint density at radius 3 is 2.33 bits per heavy atom. The van der Waals surface area contributed by atoms with Crippen molar-refractivity contribution in [3.05, 3.63) is 41.1 Å². The van der Waals surface area contributed by atoms with Crippen molar-refractivity contribution in [2.75, 3.05) is 0 Å². The second-order valence-corrected chi connectivity index (χ2v) is 9.81. The van der Waals surface area contributed by atoms with E-state index >= 15 is 0 Å². The largest absolute Gasteiger partial charge is 0.198 e. The lowest BCUT2D eigenvalue weighted by molar-refractivity contribution is 1.30. The summed E-state index contributed by atoms with van der Waals surface area (Å²) in [7, 11) is -1.35. The third-order valence-corrected chi connectivity index (χ3v) is 4.62. The molecule has 2 heteroatoms. The lowest BCUT2D eigenvalue weighted by atomic mass is 10.2. The van der Waals surface area contributed by atoms with Crippen LogP contribution < -0.4 is 0 Å². The predicted molar refractivity (Wildman–Crippen MR) is 68.0 cm³/mol. The summed E-state index contributed by atoms with van der Waals surface area (Å²) in [5.41, 5.74) is 1.20. The summed E-state index contributed by atoms with van der Waals surface area (Å²) in [5.74, 6) is 0. The lowest BCUT2D eigenvalue weighted by Crippen LogP contribution is -2.23. The molecule has 78 valence electrons. The second-order valence-electron chi connectivity index (χ2n) is 4.67. The average Bonchev–Trinajstić information content (AvgIpc) is 2.17. The third-order valence-electron chi connectivity index (χ3n) is 2.37.